The van der Waals surface area contributed by atoms with Gasteiger partial charge in [-0.25, -0.2) is 5.43 Å². The van der Waals surface area contributed by atoms with Crippen molar-refractivity contribution < 1.29 is 4.79 Å². The van der Waals surface area contributed by atoms with Crippen LogP contribution in [0.4, 0.5) is 5.69 Å². The molecule has 5 heteroatoms. The van der Waals surface area contributed by atoms with Crippen LogP contribution < -0.4 is 10.7 Å². The minimum Gasteiger partial charge on any atom is -0.376 e. The second-order valence-corrected chi connectivity index (χ2v) is 4.22. The lowest BCUT2D eigenvalue weighted by atomic mass is 10.2. The largest absolute Gasteiger partial charge is 0.376 e. The molecule has 0 fully saturated rings. The highest BCUT2D eigenvalue weighted by atomic mass is 16.2. The van der Waals surface area contributed by atoms with Gasteiger partial charge in [0.15, 0.2) is 0 Å². The number of amides is 1. The molecule has 0 aliphatic heterocycles. The number of hydrazone groups is 1. The first-order chi connectivity index (χ1) is 9.75. The van der Waals surface area contributed by atoms with Crippen molar-refractivity contribution in [2.24, 2.45) is 5.10 Å². The standard InChI is InChI=1S/C15H16N4O/c1-12-6-2-3-8-14(12)17-11-15(20)19-18-10-13-7-4-5-9-16-13/h2-10,17H,11H2,1H3,(H,19,20)/b18-10+. The van der Waals surface area contributed by atoms with Crippen molar-refractivity contribution >= 4 is 17.8 Å². The number of benzene rings is 1. The van der Waals surface area contributed by atoms with Crippen molar-refractivity contribution in [3.63, 3.8) is 0 Å². The fourth-order valence-corrected chi connectivity index (χ4v) is 1.61. The normalized spacial score (nSPS) is 10.4. The molecule has 0 bridgehead atoms. The fourth-order valence-electron chi connectivity index (χ4n) is 1.61. The van der Waals surface area contributed by atoms with E-state index in [1.54, 1.807) is 12.3 Å². The third-order valence-electron chi connectivity index (χ3n) is 2.66. The van der Waals surface area contributed by atoms with Crippen LogP contribution in [0.2, 0.25) is 0 Å². The predicted molar refractivity (Wildman–Crippen MR) is 79.6 cm³/mol. The molecule has 1 heterocycles. The fraction of sp³-hybridized carbons (Fsp3) is 0.133. The Bertz CT molecular complexity index is 596. The Kier molecular flexibility index (Phi) is 4.83. The van der Waals surface area contributed by atoms with Crippen molar-refractivity contribution in [3.8, 4) is 0 Å². The molecule has 0 atom stereocenters. The molecule has 2 aromatic rings. The highest BCUT2D eigenvalue weighted by Gasteiger charge is 2.00. The summed E-state index contributed by atoms with van der Waals surface area (Å²) in [7, 11) is 0. The third kappa shape index (κ3) is 4.20. The molecule has 0 aliphatic rings. The Morgan fingerprint density at radius 3 is 2.80 bits per heavy atom. The number of carbonyl (C=O) groups excluding carboxylic acids is 1. The summed E-state index contributed by atoms with van der Waals surface area (Å²) in [5.41, 5.74) is 5.18. The van der Waals surface area contributed by atoms with E-state index in [0.717, 1.165) is 11.3 Å². The van der Waals surface area contributed by atoms with Gasteiger partial charge in [-0.15, -0.1) is 0 Å². The third-order valence-corrected chi connectivity index (χ3v) is 2.66. The lowest BCUT2D eigenvalue weighted by Gasteiger charge is -2.07. The van der Waals surface area contributed by atoms with Crippen LogP contribution in [0.15, 0.2) is 53.8 Å². The first-order valence-corrected chi connectivity index (χ1v) is 6.28. The molecule has 0 unspecified atom stereocenters. The maximum absolute atomic E-state index is 11.6. The van der Waals surface area contributed by atoms with Crippen LogP contribution in [0.1, 0.15) is 11.3 Å². The Morgan fingerprint density at radius 1 is 1.25 bits per heavy atom. The second kappa shape index (κ2) is 7.04. The maximum Gasteiger partial charge on any atom is 0.259 e. The van der Waals surface area contributed by atoms with E-state index in [-0.39, 0.29) is 12.5 Å². The van der Waals surface area contributed by atoms with E-state index in [9.17, 15) is 4.79 Å². The molecule has 0 radical (unpaired) electrons. The number of carbonyl (C=O) groups is 1. The number of pyridine rings is 1. The van der Waals surface area contributed by atoms with E-state index < -0.39 is 0 Å². The maximum atomic E-state index is 11.6. The zero-order chi connectivity index (χ0) is 14.2. The monoisotopic (exact) mass is 268 g/mol. The smallest absolute Gasteiger partial charge is 0.259 e. The Balaban J connectivity index is 1.79. The summed E-state index contributed by atoms with van der Waals surface area (Å²) in [6.07, 6.45) is 3.18. The van der Waals surface area contributed by atoms with Crippen LogP contribution in [0.25, 0.3) is 0 Å². The van der Waals surface area contributed by atoms with E-state index in [2.05, 4.69) is 20.8 Å². The molecular weight excluding hydrogens is 252 g/mol. The van der Waals surface area contributed by atoms with Crippen LogP contribution in [-0.4, -0.2) is 23.7 Å². The molecule has 0 spiro atoms. The van der Waals surface area contributed by atoms with Crippen LogP contribution in [0, 0.1) is 6.92 Å². The SMILES string of the molecule is Cc1ccccc1NCC(=O)N/N=C/c1ccccn1. The van der Waals surface area contributed by atoms with E-state index in [0.29, 0.717) is 5.69 Å². The van der Waals surface area contributed by atoms with Gasteiger partial charge < -0.3 is 5.32 Å². The van der Waals surface area contributed by atoms with Crippen LogP contribution >= 0.6 is 0 Å². The lowest BCUT2D eigenvalue weighted by Crippen LogP contribution is -2.26. The number of hydrogen-bond acceptors (Lipinski definition) is 4. The van der Waals surface area contributed by atoms with E-state index in [1.807, 2.05) is 43.3 Å². The second-order valence-electron chi connectivity index (χ2n) is 4.22. The molecule has 0 aliphatic carbocycles. The minimum absolute atomic E-state index is 0.171. The Morgan fingerprint density at radius 2 is 2.05 bits per heavy atom. The Hall–Kier alpha value is -2.69. The number of hydrogen-bond donors (Lipinski definition) is 2. The minimum atomic E-state index is -0.208. The van der Waals surface area contributed by atoms with Gasteiger partial charge in [-0.1, -0.05) is 24.3 Å². The highest BCUT2D eigenvalue weighted by molar-refractivity contribution is 5.83. The molecule has 5 nitrogen and oxygen atoms in total. The summed E-state index contributed by atoms with van der Waals surface area (Å²) in [6, 6.07) is 13.3. The summed E-state index contributed by atoms with van der Waals surface area (Å²) in [5.74, 6) is -0.208. The number of anilines is 1. The van der Waals surface area contributed by atoms with Gasteiger partial charge in [-0.05, 0) is 30.7 Å². The lowest BCUT2D eigenvalue weighted by molar-refractivity contribution is -0.119. The molecule has 1 aromatic heterocycles. The number of nitrogens with zero attached hydrogens (tertiary/aromatic N) is 2. The van der Waals surface area contributed by atoms with Crippen molar-refractivity contribution in [1.29, 1.82) is 0 Å². The number of aromatic nitrogens is 1. The average molecular weight is 268 g/mol. The predicted octanol–water partition coefficient (Wildman–Crippen LogP) is 1.95. The van der Waals surface area contributed by atoms with E-state index >= 15 is 0 Å². The average Bonchev–Trinajstić information content (AvgIpc) is 2.47. The van der Waals surface area contributed by atoms with Gasteiger partial charge in [0.25, 0.3) is 5.91 Å². The molecule has 2 N–H and O–H groups in total. The summed E-state index contributed by atoms with van der Waals surface area (Å²) in [4.78, 5) is 15.7. The van der Waals surface area contributed by atoms with Gasteiger partial charge in [0.05, 0.1) is 18.5 Å². The Labute approximate surface area is 117 Å². The van der Waals surface area contributed by atoms with Crippen LogP contribution in [0.5, 0.6) is 0 Å². The van der Waals surface area contributed by atoms with Gasteiger partial charge in [-0.2, -0.15) is 5.10 Å². The first kappa shape index (κ1) is 13.7. The summed E-state index contributed by atoms with van der Waals surface area (Å²) in [6.45, 7) is 2.16. The molecule has 0 saturated carbocycles. The molecule has 102 valence electrons. The van der Waals surface area contributed by atoms with Crippen molar-refractivity contribution in [1.82, 2.24) is 10.4 Å². The molecule has 1 amide bonds. The number of para-hydroxylation sites is 1. The molecule has 0 saturated heterocycles. The molecular formula is C15H16N4O. The van der Waals surface area contributed by atoms with Crippen LogP contribution in [0.3, 0.4) is 0 Å². The molecule has 1 aromatic carbocycles. The van der Waals surface area contributed by atoms with Gasteiger partial charge in [0, 0.05) is 11.9 Å². The summed E-state index contributed by atoms with van der Waals surface area (Å²) in [5, 5.41) is 6.91. The van der Waals surface area contributed by atoms with Gasteiger partial charge in [-0.3, -0.25) is 9.78 Å². The van der Waals surface area contributed by atoms with E-state index in [4.69, 9.17) is 0 Å². The van der Waals surface area contributed by atoms with Gasteiger partial charge in [0.1, 0.15) is 0 Å². The van der Waals surface area contributed by atoms with Crippen LogP contribution in [-0.2, 0) is 4.79 Å². The van der Waals surface area contributed by atoms with Crippen molar-refractivity contribution in [2.45, 2.75) is 6.92 Å². The first-order valence-electron chi connectivity index (χ1n) is 6.28. The zero-order valence-corrected chi connectivity index (χ0v) is 11.2. The number of aryl methyl sites for hydroxylation is 1. The molecule has 20 heavy (non-hydrogen) atoms. The van der Waals surface area contributed by atoms with Gasteiger partial charge in [0.2, 0.25) is 0 Å². The van der Waals surface area contributed by atoms with Crippen molar-refractivity contribution in [2.75, 3.05) is 11.9 Å². The summed E-state index contributed by atoms with van der Waals surface area (Å²) < 4.78 is 0. The number of nitrogens with one attached hydrogen (secondary N) is 2. The molecule has 2 rings (SSSR count). The van der Waals surface area contributed by atoms with Gasteiger partial charge >= 0.3 is 0 Å². The zero-order valence-electron chi connectivity index (χ0n) is 11.2. The topological polar surface area (TPSA) is 66.4 Å². The number of rotatable bonds is 5. The quantitative estimate of drug-likeness (QED) is 0.643. The summed E-state index contributed by atoms with van der Waals surface area (Å²) >= 11 is 0. The van der Waals surface area contributed by atoms with Crippen molar-refractivity contribution in [3.05, 3.63) is 59.9 Å². The highest BCUT2D eigenvalue weighted by Crippen LogP contribution is 2.12. The van der Waals surface area contributed by atoms with E-state index in [1.165, 1.54) is 6.21 Å².